The van der Waals surface area contributed by atoms with Gasteiger partial charge in [-0.1, -0.05) is 0 Å². The molecule has 0 saturated carbocycles. The van der Waals surface area contributed by atoms with Gasteiger partial charge < -0.3 is 15.7 Å². The van der Waals surface area contributed by atoms with Crippen molar-refractivity contribution in [2.75, 3.05) is 11.9 Å². The molecule has 1 atom stereocenters. The van der Waals surface area contributed by atoms with Crippen LogP contribution in [0.15, 0.2) is 18.2 Å². The van der Waals surface area contributed by atoms with Crippen LogP contribution in [0.1, 0.15) is 19.3 Å². The van der Waals surface area contributed by atoms with Gasteiger partial charge in [-0.3, -0.25) is 14.9 Å². The minimum Gasteiger partial charge on any atom is -0.508 e. The van der Waals surface area contributed by atoms with Crippen LogP contribution in [-0.4, -0.2) is 28.5 Å². The maximum Gasteiger partial charge on any atom is 0.296 e. The Bertz CT molecular complexity index is 498. The normalized spacial score (nSPS) is 18.2. The highest BCUT2D eigenvalue weighted by atomic mass is 16.6. The Kier molecular flexibility index (Phi) is 3.96. The molecule has 0 radical (unpaired) electrons. The third-order valence-corrected chi connectivity index (χ3v) is 3.05. The molecule has 1 amide bonds. The van der Waals surface area contributed by atoms with Crippen LogP contribution in [0.4, 0.5) is 11.4 Å². The highest BCUT2D eigenvalue weighted by Crippen LogP contribution is 2.28. The largest absolute Gasteiger partial charge is 0.508 e. The zero-order valence-electron chi connectivity index (χ0n) is 10.3. The Morgan fingerprint density at radius 3 is 3.00 bits per heavy atom. The number of phenolic OH excluding ortho intramolecular Hbond substituents is 1. The molecule has 0 bridgehead atoms. The van der Waals surface area contributed by atoms with Gasteiger partial charge in [0.1, 0.15) is 11.4 Å². The van der Waals surface area contributed by atoms with Crippen molar-refractivity contribution in [3.63, 3.8) is 0 Å². The minimum atomic E-state index is -0.636. The number of nitrogens with zero attached hydrogens (tertiary/aromatic N) is 1. The molecule has 2 rings (SSSR count). The summed E-state index contributed by atoms with van der Waals surface area (Å²) in [6.07, 6.45) is 2.26. The molecule has 1 aromatic rings. The van der Waals surface area contributed by atoms with Gasteiger partial charge >= 0.3 is 0 Å². The van der Waals surface area contributed by atoms with E-state index in [0.717, 1.165) is 25.5 Å². The first-order valence-electron chi connectivity index (χ1n) is 6.07. The molecule has 1 saturated heterocycles. The molecule has 7 heteroatoms. The lowest BCUT2D eigenvalue weighted by Gasteiger charge is -2.10. The van der Waals surface area contributed by atoms with Crippen LogP contribution in [0.2, 0.25) is 0 Å². The maximum absolute atomic E-state index is 11.8. The summed E-state index contributed by atoms with van der Waals surface area (Å²) >= 11 is 0. The average molecular weight is 265 g/mol. The van der Waals surface area contributed by atoms with Crippen molar-refractivity contribution >= 4 is 17.3 Å². The van der Waals surface area contributed by atoms with Crippen LogP contribution in [-0.2, 0) is 4.79 Å². The van der Waals surface area contributed by atoms with Gasteiger partial charge in [-0.2, -0.15) is 0 Å². The number of carbonyl (C=O) groups excluding carboxylic acids is 1. The molecule has 3 N–H and O–H groups in total. The van der Waals surface area contributed by atoms with Crippen LogP contribution < -0.4 is 10.6 Å². The molecule has 1 aromatic carbocycles. The van der Waals surface area contributed by atoms with Gasteiger partial charge in [0.25, 0.3) is 5.69 Å². The van der Waals surface area contributed by atoms with Crippen molar-refractivity contribution in [1.82, 2.24) is 5.32 Å². The summed E-state index contributed by atoms with van der Waals surface area (Å²) in [5.41, 5.74) is -0.210. The lowest BCUT2D eigenvalue weighted by Crippen LogP contribution is -2.27. The van der Waals surface area contributed by atoms with Crippen LogP contribution in [0.5, 0.6) is 5.75 Å². The van der Waals surface area contributed by atoms with Crippen molar-refractivity contribution in [3.05, 3.63) is 28.3 Å². The Morgan fingerprint density at radius 2 is 2.37 bits per heavy atom. The summed E-state index contributed by atoms with van der Waals surface area (Å²) in [6.45, 7) is 0.900. The number of nitro benzene ring substituents is 1. The Labute approximate surface area is 109 Å². The van der Waals surface area contributed by atoms with Gasteiger partial charge in [-0.05, 0) is 31.5 Å². The zero-order chi connectivity index (χ0) is 13.8. The number of aromatic hydroxyl groups is 1. The second-order valence-electron chi connectivity index (χ2n) is 4.50. The summed E-state index contributed by atoms with van der Waals surface area (Å²) in [5, 5.41) is 25.8. The lowest BCUT2D eigenvalue weighted by atomic mass is 10.1. The Balaban J connectivity index is 2.05. The lowest BCUT2D eigenvalue weighted by molar-refractivity contribution is -0.384. The molecule has 1 fully saturated rings. The van der Waals surface area contributed by atoms with Crippen molar-refractivity contribution < 1.29 is 14.8 Å². The summed E-state index contributed by atoms with van der Waals surface area (Å²) < 4.78 is 0. The molecule has 1 aliphatic heterocycles. The highest BCUT2D eigenvalue weighted by Gasteiger charge is 2.20. The summed E-state index contributed by atoms with van der Waals surface area (Å²) in [4.78, 5) is 22.0. The molecule has 1 aliphatic rings. The van der Waals surface area contributed by atoms with Gasteiger partial charge in [0, 0.05) is 12.5 Å². The third-order valence-electron chi connectivity index (χ3n) is 3.05. The summed E-state index contributed by atoms with van der Waals surface area (Å²) in [6, 6.07) is 3.78. The number of phenols is 1. The molecule has 0 aromatic heterocycles. The predicted molar refractivity (Wildman–Crippen MR) is 69.0 cm³/mol. The first-order chi connectivity index (χ1) is 9.06. The van der Waals surface area contributed by atoms with E-state index in [1.807, 2.05) is 0 Å². The Morgan fingerprint density at radius 1 is 1.58 bits per heavy atom. The SMILES string of the molecule is O=C(CC1CCCN1)Nc1ccc(O)cc1[N+](=O)[O-]. The monoisotopic (exact) mass is 265 g/mol. The molecule has 1 heterocycles. The van der Waals surface area contributed by atoms with E-state index in [-0.39, 0.29) is 35.5 Å². The third kappa shape index (κ3) is 3.41. The number of carbonyl (C=O) groups is 1. The van der Waals surface area contributed by atoms with Crippen molar-refractivity contribution in [1.29, 1.82) is 0 Å². The van der Waals surface area contributed by atoms with Crippen LogP contribution in [0.25, 0.3) is 0 Å². The van der Waals surface area contributed by atoms with Crippen LogP contribution in [0.3, 0.4) is 0 Å². The van der Waals surface area contributed by atoms with Gasteiger partial charge in [0.05, 0.1) is 11.0 Å². The molecular weight excluding hydrogens is 250 g/mol. The van der Waals surface area contributed by atoms with E-state index in [9.17, 15) is 20.0 Å². The fourth-order valence-electron chi connectivity index (χ4n) is 2.13. The molecule has 0 aliphatic carbocycles. The topological polar surface area (TPSA) is 104 Å². The second kappa shape index (κ2) is 5.66. The number of benzene rings is 1. The van der Waals surface area contributed by atoms with Crippen molar-refractivity contribution in [3.8, 4) is 5.75 Å². The van der Waals surface area contributed by atoms with E-state index < -0.39 is 4.92 Å². The number of amides is 1. The fourth-order valence-corrected chi connectivity index (χ4v) is 2.13. The number of nitro groups is 1. The van der Waals surface area contributed by atoms with E-state index >= 15 is 0 Å². The molecular formula is C12H15N3O4. The van der Waals surface area contributed by atoms with Gasteiger partial charge in [-0.15, -0.1) is 0 Å². The molecule has 0 spiro atoms. The van der Waals surface area contributed by atoms with Crippen LogP contribution >= 0.6 is 0 Å². The highest BCUT2D eigenvalue weighted by molar-refractivity contribution is 5.93. The maximum atomic E-state index is 11.8. The number of anilines is 1. The van der Waals surface area contributed by atoms with E-state index in [1.54, 1.807) is 0 Å². The van der Waals surface area contributed by atoms with Crippen molar-refractivity contribution in [2.24, 2.45) is 0 Å². The van der Waals surface area contributed by atoms with Gasteiger partial charge in [-0.25, -0.2) is 0 Å². The van der Waals surface area contributed by atoms with E-state index in [0.29, 0.717) is 0 Å². The first kappa shape index (κ1) is 13.3. The second-order valence-corrected chi connectivity index (χ2v) is 4.50. The number of nitrogens with one attached hydrogen (secondary N) is 2. The van der Waals surface area contributed by atoms with Crippen LogP contribution in [0, 0.1) is 10.1 Å². The van der Waals surface area contributed by atoms with Crippen molar-refractivity contribution in [2.45, 2.75) is 25.3 Å². The Hall–Kier alpha value is -2.15. The van der Waals surface area contributed by atoms with Gasteiger partial charge in [0.15, 0.2) is 0 Å². The fraction of sp³-hybridized carbons (Fsp3) is 0.417. The number of hydrogen-bond donors (Lipinski definition) is 3. The molecule has 7 nitrogen and oxygen atoms in total. The number of hydrogen-bond acceptors (Lipinski definition) is 5. The number of rotatable bonds is 4. The minimum absolute atomic E-state index is 0.103. The molecule has 19 heavy (non-hydrogen) atoms. The standard InChI is InChI=1S/C12H15N3O4/c16-9-3-4-10(11(7-9)15(18)19)14-12(17)6-8-2-1-5-13-8/h3-4,7-8,13,16H,1-2,5-6H2,(H,14,17). The molecule has 1 unspecified atom stereocenters. The summed E-state index contributed by atoms with van der Waals surface area (Å²) in [7, 11) is 0. The van der Waals surface area contributed by atoms with E-state index in [1.165, 1.54) is 12.1 Å². The van der Waals surface area contributed by atoms with Gasteiger partial charge in [0.2, 0.25) is 5.91 Å². The van der Waals surface area contributed by atoms with E-state index in [2.05, 4.69) is 10.6 Å². The molecule has 102 valence electrons. The van der Waals surface area contributed by atoms with E-state index in [4.69, 9.17) is 0 Å². The summed E-state index contributed by atoms with van der Waals surface area (Å²) in [5.74, 6) is -0.477. The quantitative estimate of drug-likeness (QED) is 0.433. The zero-order valence-corrected chi connectivity index (χ0v) is 10.3. The average Bonchev–Trinajstić information content (AvgIpc) is 2.83. The smallest absolute Gasteiger partial charge is 0.296 e. The first-order valence-corrected chi connectivity index (χ1v) is 6.07. The predicted octanol–water partition coefficient (Wildman–Crippen LogP) is 1.38.